The van der Waals surface area contributed by atoms with E-state index in [9.17, 15) is 13.6 Å². The first-order valence-electron chi connectivity index (χ1n) is 5.96. The Morgan fingerprint density at radius 2 is 2.15 bits per heavy atom. The maximum Gasteiger partial charge on any atom is 0.259 e. The lowest BCUT2D eigenvalue weighted by atomic mass is 10.2. The van der Waals surface area contributed by atoms with Crippen LogP contribution in [0.15, 0.2) is 36.5 Å². The quantitative estimate of drug-likeness (QED) is 0.935. The number of pyridine rings is 1. The van der Waals surface area contributed by atoms with E-state index in [2.05, 4.69) is 10.3 Å². The van der Waals surface area contributed by atoms with Gasteiger partial charge in [-0.05, 0) is 31.2 Å². The van der Waals surface area contributed by atoms with Crippen molar-refractivity contribution in [3.05, 3.63) is 53.7 Å². The van der Waals surface area contributed by atoms with Gasteiger partial charge in [0.1, 0.15) is 11.6 Å². The molecular formula is C14H12F2N2O2. The van der Waals surface area contributed by atoms with Gasteiger partial charge in [0.2, 0.25) is 0 Å². The third-order valence-electron chi connectivity index (χ3n) is 2.48. The SMILES string of the molecule is CCOc1cccnc1NC(=O)c1ccc(F)cc1F. The molecule has 0 aliphatic heterocycles. The fraction of sp³-hybridized carbons (Fsp3) is 0.143. The van der Waals surface area contributed by atoms with Crippen LogP contribution in [0.2, 0.25) is 0 Å². The molecule has 4 nitrogen and oxygen atoms in total. The highest BCUT2D eigenvalue weighted by atomic mass is 19.1. The highest BCUT2D eigenvalue weighted by Crippen LogP contribution is 2.22. The summed E-state index contributed by atoms with van der Waals surface area (Å²) in [6.45, 7) is 2.19. The molecule has 1 aromatic heterocycles. The average Bonchev–Trinajstić information content (AvgIpc) is 2.41. The van der Waals surface area contributed by atoms with Gasteiger partial charge in [0.25, 0.3) is 5.91 Å². The lowest BCUT2D eigenvalue weighted by Crippen LogP contribution is -2.15. The van der Waals surface area contributed by atoms with E-state index >= 15 is 0 Å². The summed E-state index contributed by atoms with van der Waals surface area (Å²) in [5.41, 5.74) is -0.264. The fourth-order valence-corrected chi connectivity index (χ4v) is 1.60. The van der Waals surface area contributed by atoms with Crippen molar-refractivity contribution in [1.82, 2.24) is 4.98 Å². The normalized spacial score (nSPS) is 10.2. The second kappa shape index (κ2) is 6.10. The molecule has 1 heterocycles. The number of halogens is 2. The van der Waals surface area contributed by atoms with E-state index in [0.29, 0.717) is 18.4 Å². The Bertz CT molecular complexity index is 632. The van der Waals surface area contributed by atoms with Crippen LogP contribution in [0.1, 0.15) is 17.3 Å². The van der Waals surface area contributed by atoms with Crippen molar-refractivity contribution in [3.63, 3.8) is 0 Å². The Hall–Kier alpha value is -2.50. The number of anilines is 1. The van der Waals surface area contributed by atoms with Gasteiger partial charge in [-0.25, -0.2) is 13.8 Å². The molecule has 0 aliphatic rings. The number of nitrogens with zero attached hydrogens (tertiary/aromatic N) is 1. The number of hydrogen-bond donors (Lipinski definition) is 1. The number of nitrogens with one attached hydrogen (secondary N) is 1. The highest BCUT2D eigenvalue weighted by molar-refractivity contribution is 6.04. The van der Waals surface area contributed by atoms with Crippen molar-refractivity contribution >= 4 is 11.7 Å². The standard InChI is InChI=1S/C14H12F2N2O2/c1-2-20-12-4-3-7-17-13(12)18-14(19)10-6-5-9(15)8-11(10)16/h3-8H,2H2,1H3,(H,17,18,19). The van der Waals surface area contributed by atoms with Gasteiger partial charge in [-0.1, -0.05) is 0 Å². The Morgan fingerprint density at radius 3 is 2.85 bits per heavy atom. The van der Waals surface area contributed by atoms with E-state index in [1.54, 1.807) is 19.1 Å². The summed E-state index contributed by atoms with van der Waals surface area (Å²) in [6, 6.07) is 6.02. The predicted molar refractivity (Wildman–Crippen MR) is 69.7 cm³/mol. The largest absolute Gasteiger partial charge is 0.490 e. The lowest BCUT2D eigenvalue weighted by molar-refractivity contribution is 0.102. The van der Waals surface area contributed by atoms with Crippen LogP contribution in [0.3, 0.4) is 0 Å². The van der Waals surface area contributed by atoms with Crippen molar-refractivity contribution in [2.24, 2.45) is 0 Å². The minimum absolute atomic E-state index is 0.183. The molecule has 1 N–H and O–H groups in total. The van der Waals surface area contributed by atoms with Crippen LogP contribution in [-0.4, -0.2) is 17.5 Å². The van der Waals surface area contributed by atoms with Crippen molar-refractivity contribution < 1.29 is 18.3 Å². The van der Waals surface area contributed by atoms with Crippen molar-refractivity contribution in [3.8, 4) is 5.75 Å². The Kier molecular flexibility index (Phi) is 4.24. The fourth-order valence-electron chi connectivity index (χ4n) is 1.60. The maximum absolute atomic E-state index is 13.5. The van der Waals surface area contributed by atoms with Gasteiger partial charge in [0.05, 0.1) is 12.2 Å². The molecule has 0 atom stereocenters. The molecule has 0 saturated heterocycles. The zero-order valence-corrected chi connectivity index (χ0v) is 10.7. The van der Waals surface area contributed by atoms with E-state index in [-0.39, 0.29) is 11.4 Å². The summed E-state index contributed by atoms with van der Waals surface area (Å²) in [6.07, 6.45) is 1.47. The first-order chi connectivity index (χ1) is 9.61. The summed E-state index contributed by atoms with van der Waals surface area (Å²) in [7, 11) is 0. The molecule has 0 radical (unpaired) electrons. The summed E-state index contributed by atoms with van der Waals surface area (Å²) in [5, 5.41) is 2.43. The zero-order chi connectivity index (χ0) is 14.5. The highest BCUT2D eigenvalue weighted by Gasteiger charge is 2.15. The number of benzene rings is 1. The topological polar surface area (TPSA) is 51.2 Å². The first-order valence-corrected chi connectivity index (χ1v) is 5.96. The first kappa shape index (κ1) is 13.9. The van der Waals surface area contributed by atoms with Crippen LogP contribution < -0.4 is 10.1 Å². The number of hydrogen-bond acceptors (Lipinski definition) is 3. The molecule has 0 fully saturated rings. The van der Waals surface area contributed by atoms with Crippen LogP contribution in [0.5, 0.6) is 5.75 Å². The number of aromatic nitrogens is 1. The molecule has 2 rings (SSSR count). The molecule has 0 bridgehead atoms. The molecule has 0 spiro atoms. The predicted octanol–water partition coefficient (Wildman–Crippen LogP) is 3.01. The van der Waals surface area contributed by atoms with Gasteiger partial charge in [0, 0.05) is 12.3 Å². The van der Waals surface area contributed by atoms with Gasteiger partial charge in [0.15, 0.2) is 11.6 Å². The van der Waals surface area contributed by atoms with Crippen LogP contribution in [0.4, 0.5) is 14.6 Å². The Labute approximate surface area is 114 Å². The van der Waals surface area contributed by atoms with Gasteiger partial charge in [-0.3, -0.25) is 4.79 Å². The second-order valence-corrected chi connectivity index (χ2v) is 3.86. The van der Waals surface area contributed by atoms with Gasteiger partial charge >= 0.3 is 0 Å². The van der Waals surface area contributed by atoms with Gasteiger partial charge in [-0.2, -0.15) is 0 Å². The van der Waals surface area contributed by atoms with Crippen LogP contribution in [0, 0.1) is 11.6 Å². The van der Waals surface area contributed by atoms with E-state index in [0.717, 1.165) is 12.1 Å². The third-order valence-corrected chi connectivity index (χ3v) is 2.48. The zero-order valence-electron chi connectivity index (χ0n) is 10.7. The lowest BCUT2D eigenvalue weighted by Gasteiger charge is -2.10. The number of carbonyl (C=O) groups is 1. The third kappa shape index (κ3) is 3.09. The minimum Gasteiger partial charge on any atom is -0.490 e. The van der Waals surface area contributed by atoms with E-state index < -0.39 is 17.5 Å². The maximum atomic E-state index is 13.5. The molecule has 0 saturated carbocycles. The molecule has 0 unspecified atom stereocenters. The molecule has 0 aliphatic carbocycles. The number of amides is 1. The monoisotopic (exact) mass is 278 g/mol. The van der Waals surface area contributed by atoms with Crippen molar-refractivity contribution in [2.45, 2.75) is 6.92 Å². The Morgan fingerprint density at radius 1 is 1.35 bits per heavy atom. The summed E-state index contributed by atoms with van der Waals surface area (Å²) in [4.78, 5) is 15.9. The van der Waals surface area contributed by atoms with Crippen LogP contribution in [-0.2, 0) is 0 Å². The number of rotatable bonds is 4. The van der Waals surface area contributed by atoms with Gasteiger partial charge < -0.3 is 10.1 Å². The smallest absolute Gasteiger partial charge is 0.259 e. The molecule has 104 valence electrons. The number of ether oxygens (including phenoxy) is 1. The number of carbonyl (C=O) groups excluding carboxylic acids is 1. The summed E-state index contributed by atoms with van der Waals surface area (Å²) >= 11 is 0. The average molecular weight is 278 g/mol. The van der Waals surface area contributed by atoms with Gasteiger partial charge in [-0.15, -0.1) is 0 Å². The molecule has 6 heteroatoms. The van der Waals surface area contributed by atoms with E-state index in [1.807, 2.05) is 0 Å². The summed E-state index contributed by atoms with van der Waals surface area (Å²) in [5.74, 6) is -1.83. The van der Waals surface area contributed by atoms with Crippen molar-refractivity contribution in [1.29, 1.82) is 0 Å². The van der Waals surface area contributed by atoms with Crippen LogP contribution >= 0.6 is 0 Å². The molecule has 2 aromatic rings. The molecule has 1 amide bonds. The summed E-state index contributed by atoms with van der Waals surface area (Å²) < 4.78 is 31.6. The van der Waals surface area contributed by atoms with E-state index in [1.165, 1.54) is 6.20 Å². The molecule has 1 aromatic carbocycles. The minimum atomic E-state index is -0.934. The van der Waals surface area contributed by atoms with E-state index in [4.69, 9.17) is 4.74 Å². The van der Waals surface area contributed by atoms with Crippen molar-refractivity contribution in [2.75, 3.05) is 11.9 Å². The second-order valence-electron chi connectivity index (χ2n) is 3.86. The Balaban J connectivity index is 2.23. The molecular weight excluding hydrogens is 266 g/mol. The molecule has 20 heavy (non-hydrogen) atoms. The van der Waals surface area contributed by atoms with Crippen LogP contribution in [0.25, 0.3) is 0 Å².